The SMILES string of the molecule is CCS(=O)(=O)CCOc1cccc(Cl)c1CNCCOC. The molecule has 1 aromatic carbocycles. The number of methoxy groups -OCH3 is 1. The van der Waals surface area contributed by atoms with Crippen LogP contribution in [-0.4, -0.2) is 46.8 Å². The maximum Gasteiger partial charge on any atom is 0.153 e. The van der Waals surface area contributed by atoms with Crippen molar-refractivity contribution in [1.82, 2.24) is 5.32 Å². The zero-order valence-electron chi connectivity index (χ0n) is 12.4. The van der Waals surface area contributed by atoms with Crippen molar-refractivity contribution in [3.63, 3.8) is 0 Å². The van der Waals surface area contributed by atoms with Crippen molar-refractivity contribution in [1.29, 1.82) is 0 Å². The lowest BCUT2D eigenvalue weighted by molar-refractivity contribution is 0.199. The molecule has 1 N–H and O–H groups in total. The summed E-state index contributed by atoms with van der Waals surface area (Å²) in [4.78, 5) is 0. The maximum atomic E-state index is 11.5. The zero-order chi connectivity index (χ0) is 15.7. The van der Waals surface area contributed by atoms with Crippen molar-refractivity contribution in [3.8, 4) is 5.75 Å². The number of hydrogen-bond acceptors (Lipinski definition) is 5. The van der Waals surface area contributed by atoms with Crippen molar-refractivity contribution in [3.05, 3.63) is 28.8 Å². The van der Waals surface area contributed by atoms with Gasteiger partial charge in [-0.3, -0.25) is 0 Å². The highest BCUT2D eigenvalue weighted by atomic mass is 35.5. The standard InChI is InChI=1S/C14H22ClNO4S/c1-3-21(17,18)10-9-20-14-6-4-5-13(15)12(14)11-16-7-8-19-2/h4-6,16H,3,7-11H2,1-2H3. The number of sulfone groups is 1. The molecular formula is C14H22ClNO4S. The Kier molecular flexibility index (Phi) is 8.03. The summed E-state index contributed by atoms with van der Waals surface area (Å²) in [7, 11) is -1.39. The second-order valence-corrected chi connectivity index (χ2v) is 7.35. The van der Waals surface area contributed by atoms with Crippen molar-refractivity contribution in [2.45, 2.75) is 13.5 Å². The molecule has 120 valence electrons. The van der Waals surface area contributed by atoms with Crippen LogP contribution in [0.25, 0.3) is 0 Å². The van der Waals surface area contributed by atoms with Crippen LogP contribution in [0, 0.1) is 0 Å². The molecular weight excluding hydrogens is 314 g/mol. The quantitative estimate of drug-likeness (QED) is 0.661. The lowest BCUT2D eigenvalue weighted by Crippen LogP contribution is -2.20. The Morgan fingerprint density at radius 2 is 2.05 bits per heavy atom. The van der Waals surface area contributed by atoms with Crippen LogP contribution >= 0.6 is 11.6 Å². The Bertz CT molecular complexity index is 534. The second-order valence-electron chi connectivity index (χ2n) is 4.47. The molecule has 5 nitrogen and oxygen atoms in total. The number of rotatable bonds is 10. The van der Waals surface area contributed by atoms with Gasteiger partial charge in [0.1, 0.15) is 12.4 Å². The molecule has 0 aliphatic heterocycles. The fraction of sp³-hybridized carbons (Fsp3) is 0.571. The molecule has 0 saturated heterocycles. The molecule has 0 atom stereocenters. The molecule has 0 heterocycles. The Hall–Kier alpha value is -0.820. The molecule has 0 saturated carbocycles. The highest BCUT2D eigenvalue weighted by molar-refractivity contribution is 7.91. The third-order valence-electron chi connectivity index (χ3n) is 2.95. The fourth-order valence-corrected chi connectivity index (χ4v) is 2.51. The summed E-state index contributed by atoms with van der Waals surface area (Å²) < 4.78 is 33.4. The van der Waals surface area contributed by atoms with Gasteiger partial charge in [0, 0.05) is 36.5 Å². The molecule has 0 radical (unpaired) electrons. The summed E-state index contributed by atoms with van der Waals surface area (Å²) in [5, 5.41) is 3.79. The fourth-order valence-electron chi connectivity index (χ4n) is 1.66. The third-order valence-corrected chi connectivity index (χ3v) is 4.97. The van der Waals surface area contributed by atoms with Gasteiger partial charge in [0.25, 0.3) is 0 Å². The summed E-state index contributed by atoms with van der Waals surface area (Å²) in [5.74, 6) is 0.739. The van der Waals surface area contributed by atoms with Gasteiger partial charge >= 0.3 is 0 Å². The minimum atomic E-state index is -3.03. The van der Waals surface area contributed by atoms with E-state index in [0.29, 0.717) is 30.5 Å². The van der Waals surface area contributed by atoms with Crippen LogP contribution in [-0.2, 0) is 21.1 Å². The molecule has 1 rings (SSSR count). The summed E-state index contributed by atoms with van der Waals surface area (Å²) >= 11 is 6.17. The van der Waals surface area contributed by atoms with Gasteiger partial charge < -0.3 is 14.8 Å². The van der Waals surface area contributed by atoms with Crippen LogP contribution in [0.5, 0.6) is 5.75 Å². The van der Waals surface area contributed by atoms with Crippen molar-refractivity contribution >= 4 is 21.4 Å². The summed E-state index contributed by atoms with van der Waals surface area (Å²) in [6, 6.07) is 5.35. The van der Waals surface area contributed by atoms with Crippen LogP contribution in [0.4, 0.5) is 0 Å². The van der Waals surface area contributed by atoms with Gasteiger partial charge in [-0.15, -0.1) is 0 Å². The smallest absolute Gasteiger partial charge is 0.153 e. The predicted molar refractivity (Wildman–Crippen MR) is 84.9 cm³/mol. The number of halogens is 1. The molecule has 1 aromatic rings. The Morgan fingerprint density at radius 3 is 2.71 bits per heavy atom. The minimum absolute atomic E-state index is 0.00650. The number of hydrogen-bond donors (Lipinski definition) is 1. The zero-order valence-corrected chi connectivity index (χ0v) is 14.0. The molecule has 7 heteroatoms. The number of benzene rings is 1. The van der Waals surface area contributed by atoms with E-state index in [0.717, 1.165) is 5.56 Å². The topological polar surface area (TPSA) is 64.6 Å². The highest BCUT2D eigenvalue weighted by Crippen LogP contribution is 2.26. The van der Waals surface area contributed by atoms with Crippen LogP contribution < -0.4 is 10.1 Å². The van der Waals surface area contributed by atoms with Gasteiger partial charge in [0.15, 0.2) is 9.84 Å². The van der Waals surface area contributed by atoms with E-state index >= 15 is 0 Å². The first-order chi connectivity index (χ1) is 10.00. The van der Waals surface area contributed by atoms with Gasteiger partial charge in [-0.05, 0) is 12.1 Å². The molecule has 0 aliphatic rings. The van der Waals surface area contributed by atoms with Crippen LogP contribution in [0.1, 0.15) is 12.5 Å². The van der Waals surface area contributed by atoms with E-state index in [9.17, 15) is 8.42 Å². The Morgan fingerprint density at radius 1 is 1.29 bits per heavy atom. The summed E-state index contributed by atoms with van der Waals surface area (Å²) in [6.45, 7) is 3.60. The van der Waals surface area contributed by atoms with E-state index in [1.54, 1.807) is 32.2 Å². The van der Waals surface area contributed by atoms with E-state index < -0.39 is 9.84 Å². The normalized spacial score (nSPS) is 11.6. The average Bonchev–Trinajstić information content (AvgIpc) is 2.45. The molecule has 0 aliphatic carbocycles. The van der Waals surface area contributed by atoms with Crippen LogP contribution in [0.2, 0.25) is 5.02 Å². The highest BCUT2D eigenvalue weighted by Gasteiger charge is 2.11. The lowest BCUT2D eigenvalue weighted by Gasteiger charge is -2.13. The van der Waals surface area contributed by atoms with Gasteiger partial charge in [-0.1, -0.05) is 24.6 Å². The molecule has 0 fully saturated rings. The molecule has 21 heavy (non-hydrogen) atoms. The van der Waals surface area contributed by atoms with Crippen LogP contribution in [0.15, 0.2) is 18.2 Å². The largest absolute Gasteiger partial charge is 0.492 e. The van der Waals surface area contributed by atoms with E-state index in [4.69, 9.17) is 21.1 Å². The Labute approximate surface area is 131 Å². The molecule has 0 aromatic heterocycles. The molecule has 0 unspecified atom stereocenters. The minimum Gasteiger partial charge on any atom is -0.492 e. The first-order valence-corrected chi connectivity index (χ1v) is 9.00. The molecule has 0 amide bonds. The summed E-state index contributed by atoms with van der Waals surface area (Å²) in [5.41, 5.74) is 0.823. The van der Waals surface area contributed by atoms with E-state index in [1.165, 1.54) is 0 Å². The molecule has 0 bridgehead atoms. The van der Waals surface area contributed by atoms with Crippen molar-refractivity contribution in [2.75, 3.05) is 38.4 Å². The predicted octanol–water partition coefficient (Wildman–Crippen LogP) is 1.89. The third kappa shape index (κ3) is 6.65. The van der Waals surface area contributed by atoms with Gasteiger partial charge in [-0.2, -0.15) is 0 Å². The molecule has 0 spiro atoms. The van der Waals surface area contributed by atoms with E-state index in [2.05, 4.69) is 5.32 Å². The average molecular weight is 336 g/mol. The maximum absolute atomic E-state index is 11.5. The van der Waals surface area contributed by atoms with Crippen molar-refractivity contribution < 1.29 is 17.9 Å². The van der Waals surface area contributed by atoms with E-state index in [1.807, 2.05) is 0 Å². The number of nitrogens with one attached hydrogen (secondary N) is 1. The monoisotopic (exact) mass is 335 g/mol. The van der Waals surface area contributed by atoms with Gasteiger partial charge in [0.05, 0.1) is 12.4 Å². The lowest BCUT2D eigenvalue weighted by atomic mass is 10.2. The Balaban J connectivity index is 2.62. The number of ether oxygens (including phenoxy) is 2. The first-order valence-electron chi connectivity index (χ1n) is 6.80. The first kappa shape index (κ1) is 18.2. The van der Waals surface area contributed by atoms with Gasteiger partial charge in [-0.25, -0.2) is 8.42 Å². The van der Waals surface area contributed by atoms with Gasteiger partial charge in [0.2, 0.25) is 0 Å². The van der Waals surface area contributed by atoms with Crippen LogP contribution in [0.3, 0.4) is 0 Å². The van der Waals surface area contributed by atoms with Crippen molar-refractivity contribution in [2.24, 2.45) is 0 Å². The van der Waals surface area contributed by atoms with E-state index in [-0.39, 0.29) is 18.1 Å². The summed E-state index contributed by atoms with van der Waals surface area (Å²) in [6.07, 6.45) is 0. The second kappa shape index (κ2) is 9.25.